The van der Waals surface area contributed by atoms with Gasteiger partial charge in [0.1, 0.15) is 5.75 Å². The van der Waals surface area contributed by atoms with Gasteiger partial charge in [0.05, 0.1) is 20.3 Å². The molecule has 0 aromatic heterocycles. The smallest absolute Gasteiger partial charge is 0.191 e. The zero-order chi connectivity index (χ0) is 17.2. The number of nitrogens with zero attached hydrogens (tertiary/aromatic N) is 2. The zero-order valence-corrected chi connectivity index (χ0v) is 15.0. The van der Waals surface area contributed by atoms with Crippen LogP contribution in [0.4, 0.5) is 0 Å². The topological polar surface area (TPSA) is 58.1 Å². The van der Waals surface area contributed by atoms with Crippen LogP contribution in [-0.2, 0) is 11.3 Å². The molecule has 6 heteroatoms. The fraction of sp³-hybridized carbons (Fsp3) is 0.611. The number of ether oxygens (including phenoxy) is 2. The number of aliphatic imine (C=N–C) groups is 1. The average molecular weight is 334 g/mol. The molecule has 0 bridgehead atoms. The van der Waals surface area contributed by atoms with Crippen LogP contribution in [0, 0.1) is 5.92 Å². The van der Waals surface area contributed by atoms with E-state index in [4.69, 9.17) is 9.47 Å². The summed E-state index contributed by atoms with van der Waals surface area (Å²) in [4.78, 5) is 6.75. The molecule has 6 nitrogen and oxygen atoms in total. The summed E-state index contributed by atoms with van der Waals surface area (Å²) in [5.74, 6) is 2.25. The Kier molecular flexibility index (Phi) is 7.85. The van der Waals surface area contributed by atoms with E-state index in [0.717, 1.165) is 51.1 Å². The molecule has 1 saturated heterocycles. The Bertz CT molecular complexity index is 515. The quantitative estimate of drug-likeness (QED) is 0.582. The van der Waals surface area contributed by atoms with Crippen LogP contribution >= 0.6 is 0 Å². The summed E-state index contributed by atoms with van der Waals surface area (Å²) in [6.45, 7) is 8.74. The number of guanidine groups is 1. The lowest BCUT2D eigenvalue weighted by Gasteiger charge is -2.29. The highest BCUT2D eigenvalue weighted by atomic mass is 16.5. The lowest BCUT2D eigenvalue weighted by molar-refractivity contribution is 0.0320. The monoisotopic (exact) mass is 334 g/mol. The summed E-state index contributed by atoms with van der Waals surface area (Å²) in [7, 11) is 3.48. The first-order chi connectivity index (χ1) is 11.7. The molecule has 0 spiro atoms. The van der Waals surface area contributed by atoms with E-state index in [2.05, 4.69) is 33.5 Å². The Morgan fingerprint density at radius 2 is 2.12 bits per heavy atom. The fourth-order valence-electron chi connectivity index (χ4n) is 2.75. The Labute approximate surface area is 145 Å². The first-order valence-electron chi connectivity index (χ1n) is 8.59. The van der Waals surface area contributed by atoms with Crippen LogP contribution < -0.4 is 15.4 Å². The molecule has 0 amide bonds. The number of morpholine rings is 1. The number of hydrogen-bond donors (Lipinski definition) is 2. The third-order valence-corrected chi connectivity index (χ3v) is 4.11. The van der Waals surface area contributed by atoms with Crippen LogP contribution in [-0.4, -0.2) is 64.4 Å². The van der Waals surface area contributed by atoms with E-state index in [1.165, 1.54) is 5.56 Å². The van der Waals surface area contributed by atoms with Gasteiger partial charge in [0.2, 0.25) is 0 Å². The molecular formula is C18H30N4O2. The van der Waals surface area contributed by atoms with Crippen molar-refractivity contribution in [3.05, 3.63) is 29.8 Å². The molecule has 1 atom stereocenters. The van der Waals surface area contributed by atoms with Gasteiger partial charge >= 0.3 is 0 Å². The fourth-order valence-corrected chi connectivity index (χ4v) is 2.75. The first kappa shape index (κ1) is 18.5. The van der Waals surface area contributed by atoms with Crippen LogP contribution in [0.1, 0.15) is 12.5 Å². The van der Waals surface area contributed by atoms with E-state index in [-0.39, 0.29) is 0 Å². The molecule has 1 aliphatic rings. The van der Waals surface area contributed by atoms with Crippen LogP contribution in [0.15, 0.2) is 29.3 Å². The Balaban J connectivity index is 1.71. The van der Waals surface area contributed by atoms with Gasteiger partial charge in [-0.05, 0) is 23.6 Å². The second-order valence-electron chi connectivity index (χ2n) is 6.18. The lowest BCUT2D eigenvalue weighted by atomic mass is 10.1. The maximum Gasteiger partial charge on any atom is 0.191 e. The summed E-state index contributed by atoms with van der Waals surface area (Å²) in [6, 6.07) is 8.05. The van der Waals surface area contributed by atoms with Crippen molar-refractivity contribution < 1.29 is 9.47 Å². The van der Waals surface area contributed by atoms with E-state index in [0.29, 0.717) is 12.5 Å². The highest BCUT2D eigenvalue weighted by molar-refractivity contribution is 5.79. The van der Waals surface area contributed by atoms with E-state index >= 15 is 0 Å². The third-order valence-electron chi connectivity index (χ3n) is 4.11. The normalized spacial score (nSPS) is 17.4. The van der Waals surface area contributed by atoms with Crippen molar-refractivity contribution in [3.63, 3.8) is 0 Å². The summed E-state index contributed by atoms with van der Waals surface area (Å²) < 4.78 is 10.6. The standard InChI is InChI=1S/C18H30N4O2/c1-15(14-22-7-9-24-10-8-22)12-20-18(19-2)21-13-16-5-4-6-17(11-16)23-3/h4-6,11,15H,7-10,12-14H2,1-3H3,(H2,19,20,21). The van der Waals surface area contributed by atoms with Gasteiger partial charge in [0.25, 0.3) is 0 Å². The molecule has 1 aromatic rings. The maximum atomic E-state index is 5.39. The highest BCUT2D eigenvalue weighted by Crippen LogP contribution is 2.12. The van der Waals surface area contributed by atoms with Gasteiger partial charge in [-0.25, -0.2) is 0 Å². The predicted molar refractivity (Wildman–Crippen MR) is 97.6 cm³/mol. The molecule has 1 fully saturated rings. The Morgan fingerprint density at radius 1 is 1.33 bits per heavy atom. The number of benzene rings is 1. The van der Waals surface area contributed by atoms with Crippen molar-refractivity contribution in [3.8, 4) is 5.75 Å². The van der Waals surface area contributed by atoms with Crippen molar-refractivity contribution in [2.75, 3.05) is 53.6 Å². The van der Waals surface area contributed by atoms with Crippen molar-refractivity contribution in [1.29, 1.82) is 0 Å². The van der Waals surface area contributed by atoms with Crippen molar-refractivity contribution >= 4 is 5.96 Å². The molecule has 0 radical (unpaired) electrons. The van der Waals surface area contributed by atoms with Gasteiger partial charge in [-0.1, -0.05) is 19.1 Å². The van der Waals surface area contributed by atoms with Crippen LogP contribution in [0.5, 0.6) is 5.75 Å². The second kappa shape index (κ2) is 10.2. The minimum absolute atomic E-state index is 0.554. The molecule has 0 saturated carbocycles. The number of hydrogen-bond acceptors (Lipinski definition) is 4. The number of rotatable bonds is 7. The van der Waals surface area contributed by atoms with Crippen molar-refractivity contribution in [1.82, 2.24) is 15.5 Å². The summed E-state index contributed by atoms with van der Waals surface area (Å²) in [5, 5.41) is 6.75. The second-order valence-corrected chi connectivity index (χ2v) is 6.18. The van der Waals surface area contributed by atoms with Gasteiger partial charge in [-0.3, -0.25) is 9.89 Å². The lowest BCUT2D eigenvalue weighted by Crippen LogP contribution is -2.43. The average Bonchev–Trinajstić information content (AvgIpc) is 2.63. The molecule has 1 heterocycles. The molecular weight excluding hydrogens is 304 g/mol. The summed E-state index contributed by atoms with van der Waals surface area (Å²) >= 11 is 0. The summed E-state index contributed by atoms with van der Waals surface area (Å²) in [5.41, 5.74) is 1.17. The number of nitrogens with one attached hydrogen (secondary N) is 2. The molecule has 1 aliphatic heterocycles. The van der Waals surface area contributed by atoms with Gasteiger partial charge in [0.15, 0.2) is 5.96 Å². The van der Waals surface area contributed by atoms with Crippen LogP contribution in [0.3, 0.4) is 0 Å². The minimum Gasteiger partial charge on any atom is -0.497 e. The van der Waals surface area contributed by atoms with Crippen LogP contribution in [0.25, 0.3) is 0 Å². The van der Waals surface area contributed by atoms with Crippen molar-refractivity contribution in [2.45, 2.75) is 13.5 Å². The van der Waals surface area contributed by atoms with Crippen LogP contribution in [0.2, 0.25) is 0 Å². The maximum absolute atomic E-state index is 5.39. The predicted octanol–water partition coefficient (Wildman–Crippen LogP) is 1.33. The van der Waals surface area contributed by atoms with E-state index < -0.39 is 0 Å². The molecule has 2 N–H and O–H groups in total. The van der Waals surface area contributed by atoms with Crippen molar-refractivity contribution in [2.24, 2.45) is 10.9 Å². The Morgan fingerprint density at radius 3 is 2.83 bits per heavy atom. The SMILES string of the molecule is CN=C(NCc1cccc(OC)c1)NCC(C)CN1CCOCC1. The highest BCUT2D eigenvalue weighted by Gasteiger charge is 2.13. The third kappa shape index (κ3) is 6.37. The molecule has 134 valence electrons. The van der Waals surface area contributed by atoms with Gasteiger partial charge < -0.3 is 20.1 Å². The number of methoxy groups -OCH3 is 1. The largest absolute Gasteiger partial charge is 0.497 e. The zero-order valence-electron chi connectivity index (χ0n) is 15.0. The van der Waals surface area contributed by atoms with Gasteiger partial charge in [-0.15, -0.1) is 0 Å². The minimum atomic E-state index is 0.554. The van der Waals surface area contributed by atoms with Gasteiger partial charge in [-0.2, -0.15) is 0 Å². The molecule has 2 rings (SSSR count). The van der Waals surface area contributed by atoms with E-state index in [9.17, 15) is 0 Å². The molecule has 1 unspecified atom stereocenters. The van der Waals surface area contributed by atoms with E-state index in [1.54, 1.807) is 14.2 Å². The summed E-state index contributed by atoms with van der Waals surface area (Å²) in [6.07, 6.45) is 0. The first-order valence-corrected chi connectivity index (χ1v) is 8.59. The molecule has 1 aromatic carbocycles. The van der Waals surface area contributed by atoms with Gasteiger partial charge in [0, 0.05) is 39.8 Å². The Hall–Kier alpha value is -1.79. The molecule has 24 heavy (non-hydrogen) atoms. The molecule has 0 aliphatic carbocycles. The van der Waals surface area contributed by atoms with E-state index in [1.807, 2.05) is 18.2 Å².